The van der Waals surface area contributed by atoms with Gasteiger partial charge in [-0.15, -0.1) is 0 Å². The van der Waals surface area contributed by atoms with Gasteiger partial charge in [0, 0.05) is 31.4 Å². The molecule has 1 aromatic rings. The Kier molecular flexibility index (Phi) is 4.13. The summed E-state index contributed by atoms with van der Waals surface area (Å²) in [5.41, 5.74) is 2.43. The third-order valence-corrected chi connectivity index (χ3v) is 3.67. The molecule has 1 atom stereocenters. The van der Waals surface area contributed by atoms with Gasteiger partial charge in [0.15, 0.2) is 0 Å². The zero-order chi connectivity index (χ0) is 12.3. The third kappa shape index (κ3) is 3.51. The molecule has 0 spiro atoms. The summed E-state index contributed by atoms with van der Waals surface area (Å²) in [7, 11) is 2.23. The van der Waals surface area contributed by atoms with Crippen molar-refractivity contribution in [1.82, 2.24) is 15.2 Å². The molecule has 1 saturated carbocycles. The number of rotatable bonds is 6. The van der Waals surface area contributed by atoms with Crippen molar-refractivity contribution in [1.29, 1.82) is 0 Å². The van der Waals surface area contributed by atoms with Crippen molar-refractivity contribution in [3.8, 4) is 0 Å². The maximum atomic E-state index is 4.39. The Labute approximate surface area is 104 Å². The van der Waals surface area contributed by atoms with Gasteiger partial charge in [-0.25, -0.2) is 0 Å². The molecule has 0 radical (unpaired) electrons. The van der Waals surface area contributed by atoms with Gasteiger partial charge in [-0.1, -0.05) is 6.07 Å². The van der Waals surface area contributed by atoms with Crippen molar-refractivity contribution < 1.29 is 0 Å². The number of likely N-dealkylation sites (N-methyl/N-ethyl adjacent to an activating group) is 1. The molecular formula is C14H23N3. The van der Waals surface area contributed by atoms with E-state index >= 15 is 0 Å². The molecule has 1 aliphatic rings. The van der Waals surface area contributed by atoms with E-state index < -0.39 is 0 Å². The molecule has 0 amide bonds. The molecule has 0 aliphatic heterocycles. The van der Waals surface area contributed by atoms with Gasteiger partial charge in [-0.2, -0.15) is 0 Å². The van der Waals surface area contributed by atoms with E-state index in [1.165, 1.54) is 18.4 Å². The Bertz CT molecular complexity index is 360. The lowest BCUT2D eigenvalue weighted by Crippen LogP contribution is -2.39. The second kappa shape index (κ2) is 5.61. The molecule has 1 N–H and O–H groups in total. The minimum Gasteiger partial charge on any atom is -0.310 e. The van der Waals surface area contributed by atoms with Crippen molar-refractivity contribution in [3.05, 3.63) is 29.6 Å². The number of pyridine rings is 1. The summed E-state index contributed by atoms with van der Waals surface area (Å²) in [5.74, 6) is 0. The van der Waals surface area contributed by atoms with E-state index in [2.05, 4.69) is 42.2 Å². The molecule has 17 heavy (non-hydrogen) atoms. The summed E-state index contributed by atoms with van der Waals surface area (Å²) in [6, 6.07) is 5.54. The Balaban J connectivity index is 1.73. The van der Waals surface area contributed by atoms with E-state index in [9.17, 15) is 0 Å². The Morgan fingerprint density at radius 1 is 1.53 bits per heavy atom. The Morgan fingerprint density at radius 3 is 2.94 bits per heavy atom. The number of nitrogens with one attached hydrogen (secondary N) is 1. The lowest BCUT2D eigenvalue weighted by Gasteiger charge is -2.24. The molecule has 3 nitrogen and oxygen atoms in total. The molecule has 3 heteroatoms. The van der Waals surface area contributed by atoms with Crippen molar-refractivity contribution in [2.24, 2.45) is 0 Å². The molecule has 1 fully saturated rings. The monoisotopic (exact) mass is 233 g/mol. The lowest BCUT2D eigenvalue weighted by atomic mass is 10.2. The standard InChI is InChI=1S/C14H23N3/c1-11-5-4-8-16-14(11)10-15-9-12(2)17(3)13-6-7-13/h4-5,8,12-13,15H,6-7,9-10H2,1-3H3. The van der Waals surface area contributed by atoms with Crippen LogP contribution in [-0.2, 0) is 6.54 Å². The van der Waals surface area contributed by atoms with E-state index in [1.807, 2.05) is 12.3 Å². The van der Waals surface area contributed by atoms with Crippen LogP contribution in [0.15, 0.2) is 18.3 Å². The molecule has 1 aromatic heterocycles. The molecule has 0 aromatic carbocycles. The lowest BCUT2D eigenvalue weighted by molar-refractivity contribution is 0.241. The molecule has 2 rings (SSSR count). The number of hydrogen-bond acceptors (Lipinski definition) is 3. The summed E-state index contributed by atoms with van der Waals surface area (Å²) in [6.07, 6.45) is 4.62. The Morgan fingerprint density at radius 2 is 2.29 bits per heavy atom. The van der Waals surface area contributed by atoms with Crippen LogP contribution in [-0.4, -0.2) is 35.6 Å². The van der Waals surface area contributed by atoms with E-state index in [1.54, 1.807) is 0 Å². The van der Waals surface area contributed by atoms with Gasteiger partial charge in [-0.3, -0.25) is 9.88 Å². The first-order chi connectivity index (χ1) is 8.18. The van der Waals surface area contributed by atoms with E-state index in [-0.39, 0.29) is 0 Å². The minimum atomic E-state index is 0.603. The average molecular weight is 233 g/mol. The number of aryl methyl sites for hydroxylation is 1. The fourth-order valence-corrected chi connectivity index (χ4v) is 2.09. The normalized spacial score (nSPS) is 17.4. The van der Waals surface area contributed by atoms with Gasteiger partial charge in [0.05, 0.1) is 5.69 Å². The minimum absolute atomic E-state index is 0.603. The van der Waals surface area contributed by atoms with Gasteiger partial charge in [0.1, 0.15) is 0 Å². The number of aromatic nitrogens is 1. The SMILES string of the molecule is Cc1cccnc1CNCC(C)N(C)C1CC1. The van der Waals surface area contributed by atoms with Crippen LogP contribution in [0.25, 0.3) is 0 Å². The highest BCUT2D eigenvalue weighted by atomic mass is 15.2. The van der Waals surface area contributed by atoms with Gasteiger partial charge in [0.25, 0.3) is 0 Å². The number of nitrogens with zero attached hydrogens (tertiary/aromatic N) is 2. The zero-order valence-corrected chi connectivity index (χ0v) is 11.1. The first-order valence-electron chi connectivity index (χ1n) is 6.51. The smallest absolute Gasteiger partial charge is 0.0570 e. The third-order valence-electron chi connectivity index (χ3n) is 3.67. The molecule has 1 aliphatic carbocycles. The fourth-order valence-electron chi connectivity index (χ4n) is 2.09. The molecule has 0 saturated heterocycles. The first-order valence-corrected chi connectivity index (χ1v) is 6.51. The summed E-state index contributed by atoms with van der Waals surface area (Å²) in [6.45, 7) is 6.30. The maximum Gasteiger partial charge on any atom is 0.0570 e. The second-order valence-electron chi connectivity index (χ2n) is 5.14. The van der Waals surface area contributed by atoms with E-state index in [4.69, 9.17) is 0 Å². The van der Waals surface area contributed by atoms with E-state index in [0.29, 0.717) is 6.04 Å². The van der Waals surface area contributed by atoms with Crippen LogP contribution in [0.1, 0.15) is 31.0 Å². The summed E-state index contributed by atoms with van der Waals surface area (Å²) >= 11 is 0. The fraction of sp³-hybridized carbons (Fsp3) is 0.643. The molecule has 1 heterocycles. The maximum absolute atomic E-state index is 4.39. The predicted octanol–water partition coefficient (Wildman–Crippen LogP) is 1.96. The zero-order valence-electron chi connectivity index (χ0n) is 11.1. The molecule has 94 valence electrons. The van der Waals surface area contributed by atoms with Crippen LogP contribution in [0, 0.1) is 6.92 Å². The topological polar surface area (TPSA) is 28.2 Å². The number of hydrogen-bond donors (Lipinski definition) is 1. The van der Waals surface area contributed by atoms with Crippen molar-refractivity contribution in [3.63, 3.8) is 0 Å². The summed E-state index contributed by atoms with van der Waals surface area (Å²) in [4.78, 5) is 6.88. The largest absolute Gasteiger partial charge is 0.310 e. The van der Waals surface area contributed by atoms with Crippen molar-refractivity contribution in [2.75, 3.05) is 13.6 Å². The highest BCUT2D eigenvalue weighted by molar-refractivity contribution is 5.17. The highest BCUT2D eigenvalue weighted by Crippen LogP contribution is 2.26. The van der Waals surface area contributed by atoms with Gasteiger partial charge in [0.2, 0.25) is 0 Å². The van der Waals surface area contributed by atoms with Crippen molar-refractivity contribution in [2.45, 2.75) is 45.3 Å². The van der Waals surface area contributed by atoms with Crippen LogP contribution in [0.3, 0.4) is 0 Å². The van der Waals surface area contributed by atoms with Crippen LogP contribution in [0.4, 0.5) is 0 Å². The van der Waals surface area contributed by atoms with Crippen LogP contribution < -0.4 is 5.32 Å². The molecule has 1 unspecified atom stereocenters. The van der Waals surface area contributed by atoms with Crippen molar-refractivity contribution >= 4 is 0 Å². The van der Waals surface area contributed by atoms with Gasteiger partial charge >= 0.3 is 0 Å². The summed E-state index contributed by atoms with van der Waals surface area (Å²) < 4.78 is 0. The van der Waals surface area contributed by atoms with Gasteiger partial charge < -0.3 is 5.32 Å². The quantitative estimate of drug-likeness (QED) is 0.814. The highest BCUT2D eigenvalue weighted by Gasteiger charge is 2.28. The second-order valence-corrected chi connectivity index (χ2v) is 5.14. The first kappa shape index (κ1) is 12.5. The molecule has 0 bridgehead atoms. The molecular weight excluding hydrogens is 210 g/mol. The Hall–Kier alpha value is -0.930. The van der Waals surface area contributed by atoms with Gasteiger partial charge in [-0.05, 0) is 45.4 Å². The summed E-state index contributed by atoms with van der Waals surface area (Å²) in [5, 5.41) is 3.50. The van der Waals surface area contributed by atoms with Crippen LogP contribution in [0.5, 0.6) is 0 Å². The average Bonchev–Trinajstić information content (AvgIpc) is 3.14. The van der Waals surface area contributed by atoms with Crippen LogP contribution >= 0.6 is 0 Å². The van der Waals surface area contributed by atoms with E-state index in [0.717, 1.165) is 24.8 Å². The predicted molar refractivity (Wildman–Crippen MR) is 70.9 cm³/mol. The van der Waals surface area contributed by atoms with Crippen LogP contribution in [0.2, 0.25) is 0 Å².